The average molecular weight is 273 g/mol. The fourth-order valence-electron chi connectivity index (χ4n) is 5.49. The molecular weight excluding hydrogens is 250 g/mol. The first-order chi connectivity index (χ1) is 9.67. The van der Waals surface area contributed by atoms with Crippen LogP contribution in [0.1, 0.15) is 49.9 Å². The summed E-state index contributed by atoms with van der Waals surface area (Å²) in [5.41, 5.74) is 2.08. The van der Waals surface area contributed by atoms with Crippen molar-refractivity contribution in [3.63, 3.8) is 0 Å². The van der Waals surface area contributed by atoms with Crippen molar-refractivity contribution in [1.82, 2.24) is 15.3 Å². The number of nitrogens with one attached hydrogen (secondary N) is 2. The minimum absolute atomic E-state index is 0.177. The van der Waals surface area contributed by atoms with E-state index >= 15 is 0 Å². The highest BCUT2D eigenvalue weighted by Crippen LogP contribution is 2.60. The molecule has 0 radical (unpaired) electrons. The van der Waals surface area contributed by atoms with E-state index in [2.05, 4.69) is 21.4 Å². The van der Waals surface area contributed by atoms with Gasteiger partial charge in [-0.25, -0.2) is 4.79 Å². The molecule has 0 aromatic carbocycles. The molecule has 2 N–H and O–H groups in total. The molecule has 4 bridgehead atoms. The molecule has 0 atom stereocenters. The SMILES string of the molecule is CNCc1cc(C23CC4CC(CC(C4)C2)C3)nc(=O)[nH]1. The molecule has 0 aliphatic heterocycles. The van der Waals surface area contributed by atoms with Crippen molar-refractivity contribution in [2.75, 3.05) is 7.05 Å². The van der Waals surface area contributed by atoms with E-state index in [0.29, 0.717) is 6.54 Å². The lowest BCUT2D eigenvalue weighted by molar-refractivity contribution is -0.00742. The van der Waals surface area contributed by atoms with Gasteiger partial charge in [-0.05, 0) is 69.4 Å². The Morgan fingerprint density at radius 2 is 1.85 bits per heavy atom. The van der Waals surface area contributed by atoms with E-state index in [0.717, 1.165) is 29.1 Å². The Morgan fingerprint density at radius 1 is 1.25 bits per heavy atom. The zero-order chi connectivity index (χ0) is 13.7. The van der Waals surface area contributed by atoms with Crippen molar-refractivity contribution >= 4 is 0 Å². The summed E-state index contributed by atoms with van der Waals surface area (Å²) >= 11 is 0. The Balaban J connectivity index is 1.75. The van der Waals surface area contributed by atoms with Crippen LogP contribution in [0.5, 0.6) is 0 Å². The lowest BCUT2D eigenvalue weighted by Gasteiger charge is -2.56. The summed E-state index contributed by atoms with van der Waals surface area (Å²) in [7, 11) is 1.91. The fourth-order valence-corrected chi connectivity index (χ4v) is 5.49. The first-order valence-corrected chi connectivity index (χ1v) is 7.92. The molecule has 4 saturated carbocycles. The topological polar surface area (TPSA) is 57.8 Å². The van der Waals surface area contributed by atoms with Gasteiger partial charge < -0.3 is 10.3 Å². The Hall–Kier alpha value is -1.16. The number of aromatic amines is 1. The predicted octanol–water partition coefficient (Wildman–Crippen LogP) is 1.96. The van der Waals surface area contributed by atoms with Gasteiger partial charge in [-0.1, -0.05) is 0 Å². The van der Waals surface area contributed by atoms with E-state index in [-0.39, 0.29) is 11.1 Å². The monoisotopic (exact) mass is 273 g/mol. The molecule has 108 valence electrons. The second-order valence-corrected chi connectivity index (χ2v) is 7.32. The summed E-state index contributed by atoms with van der Waals surface area (Å²) in [6, 6.07) is 2.14. The highest BCUT2D eigenvalue weighted by molar-refractivity contribution is 5.24. The van der Waals surface area contributed by atoms with Gasteiger partial charge in [0.25, 0.3) is 0 Å². The van der Waals surface area contributed by atoms with E-state index in [1.54, 1.807) is 0 Å². The first-order valence-electron chi connectivity index (χ1n) is 7.92. The van der Waals surface area contributed by atoms with E-state index in [9.17, 15) is 4.79 Å². The van der Waals surface area contributed by atoms with Gasteiger partial charge in [0, 0.05) is 17.7 Å². The third kappa shape index (κ3) is 1.93. The van der Waals surface area contributed by atoms with Crippen molar-refractivity contribution in [3.8, 4) is 0 Å². The highest BCUT2D eigenvalue weighted by Gasteiger charge is 2.52. The van der Waals surface area contributed by atoms with Crippen LogP contribution in [0.3, 0.4) is 0 Å². The van der Waals surface area contributed by atoms with Crippen LogP contribution in [-0.4, -0.2) is 17.0 Å². The van der Waals surface area contributed by atoms with Gasteiger partial charge in [0.1, 0.15) is 0 Å². The van der Waals surface area contributed by atoms with Crippen LogP contribution < -0.4 is 11.0 Å². The summed E-state index contributed by atoms with van der Waals surface area (Å²) < 4.78 is 0. The summed E-state index contributed by atoms with van der Waals surface area (Å²) in [6.07, 6.45) is 8.04. The van der Waals surface area contributed by atoms with Gasteiger partial charge in [-0.15, -0.1) is 0 Å². The summed E-state index contributed by atoms with van der Waals surface area (Å²) in [4.78, 5) is 19.1. The largest absolute Gasteiger partial charge is 0.345 e. The standard InChI is InChI=1S/C16H23N3O/c1-17-9-13-5-14(19-15(20)18-13)16-6-10-2-11(7-16)4-12(3-10)8-16/h5,10-12,17H,2-4,6-9H2,1H3,(H,18,19,20). The molecule has 1 aromatic heterocycles. The van der Waals surface area contributed by atoms with E-state index in [1.165, 1.54) is 38.5 Å². The van der Waals surface area contributed by atoms with Crippen molar-refractivity contribution in [1.29, 1.82) is 0 Å². The molecule has 0 spiro atoms. The van der Waals surface area contributed by atoms with Gasteiger partial charge in [0.05, 0.1) is 5.69 Å². The molecule has 0 saturated heterocycles. The van der Waals surface area contributed by atoms with Crippen LogP contribution in [0.25, 0.3) is 0 Å². The Labute approximate surface area is 119 Å². The van der Waals surface area contributed by atoms with Crippen molar-refractivity contribution in [2.24, 2.45) is 17.8 Å². The van der Waals surface area contributed by atoms with Gasteiger partial charge in [-0.3, -0.25) is 0 Å². The smallest absolute Gasteiger partial charge is 0.314 e. The normalized spacial score (nSPS) is 38.4. The number of H-pyrrole nitrogens is 1. The fraction of sp³-hybridized carbons (Fsp3) is 0.750. The molecule has 0 amide bonds. The Morgan fingerprint density at radius 3 is 2.40 bits per heavy atom. The molecule has 1 heterocycles. The maximum atomic E-state index is 11.9. The maximum Gasteiger partial charge on any atom is 0.345 e. The third-order valence-corrected chi connectivity index (χ3v) is 5.75. The quantitative estimate of drug-likeness (QED) is 0.885. The molecule has 4 nitrogen and oxygen atoms in total. The molecule has 4 aliphatic carbocycles. The van der Waals surface area contributed by atoms with Crippen molar-refractivity contribution in [2.45, 2.75) is 50.5 Å². The first kappa shape index (κ1) is 12.6. The van der Waals surface area contributed by atoms with Crippen LogP contribution in [0.15, 0.2) is 10.9 Å². The molecule has 1 aromatic rings. The van der Waals surface area contributed by atoms with Crippen LogP contribution in [0, 0.1) is 17.8 Å². The molecule has 5 rings (SSSR count). The lowest BCUT2D eigenvalue weighted by atomic mass is 9.49. The van der Waals surface area contributed by atoms with Gasteiger partial charge in [0.15, 0.2) is 0 Å². The molecule has 4 aliphatic rings. The van der Waals surface area contributed by atoms with E-state index in [1.807, 2.05) is 7.05 Å². The number of hydrogen-bond acceptors (Lipinski definition) is 3. The number of rotatable bonds is 3. The van der Waals surface area contributed by atoms with Gasteiger partial charge in [0.2, 0.25) is 0 Å². The van der Waals surface area contributed by atoms with Crippen LogP contribution in [0.2, 0.25) is 0 Å². The minimum atomic E-state index is -0.177. The zero-order valence-corrected chi connectivity index (χ0v) is 12.1. The number of hydrogen-bond donors (Lipinski definition) is 2. The molecule has 4 fully saturated rings. The van der Waals surface area contributed by atoms with Crippen LogP contribution >= 0.6 is 0 Å². The lowest BCUT2D eigenvalue weighted by Crippen LogP contribution is -2.49. The number of aromatic nitrogens is 2. The maximum absolute atomic E-state index is 11.9. The molecular formula is C16H23N3O. The zero-order valence-electron chi connectivity index (χ0n) is 12.1. The summed E-state index contributed by atoms with van der Waals surface area (Å²) in [6.45, 7) is 0.705. The van der Waals surface area contributed by atoms with E-state index in [4.69, 9.17) is 0 Å². The van der Waals surface area contributed by atoms with Crippen LogP contribution in [0.4, 0.5) is 0 Å². The molecule has 4 heteroatoms. The average Bonchev–Trinajstić information content (AvgIpc) is 2.36. The Kier molecular flexibility index (Phi) is 2.78. The predicted molar refractivity (Wildman–Crippen MR) is 77.5 cm³/mol. The minimum Gasteiger partial charge on any atom is -0.314 e. The summed E-state index contributed by atoms with van der Waals surface area (Å²) in [5, 5.41) is 3.11. The molecule has 20 heavy (non-hydrogen) atoms. The van der Waals surface area contributed by atoms with Gasteiger partial charge in [-0.2, -0.15) is 4.98 Å². The van der Waals surface area contributed by atoms with E-state index < -0.39 is 0 Å². The van der Waals surface area contributed by atoms with Crippen molar-refractivity contribution in [3.05, 3.63) is 27.9 Å². The third-order valence-electron chi connectivity index (χ3n) is 5.75. The van der Waals surface area contributed by atoms with Crippen molar-refractivity contribution < 1.29 is 0 Å². The number of nitrogens with zero attached hydrogens (tertiary/aromatic N) is 1. The summed E-state index contributed by atoms with van der Waals surface area (Å²) in [5.74, 6) is 2.65. The second kappa shape index (κ2) is 4.42. The van der Waals surface area contributed by atoms with Gasteiger partial charge >= 0.3 is 5.69 Å². The molecule has 0 unspecified atom stereocenters. The highest BCUT2D eigenvalue weighted by atomic mass is 16.1. The van der Waals surface area contributed by atoms with Crippen LogP contribution in [-0.2, 0) is 12.0 Å². The second-order valence-electron chi connectivity index (χ2n) is 7.32. The Bertz CT molecular complexity index is 542.